The molecule has 2 atom stereocenters. The molecule has 1 N–H and O–H groups in total. The molecule has 0 aliphatic heterocycles. The zero-order chi connectivity index (χ0) is 13.1. The highest BCUT2D eigenvalue weighted by Gasteiger charge is 2.19. The Bertz CT molecular complexity index is 502. The van der Waals surface area contributed by atoms with Crippen molar-refractivity contribution in [2.24, 2.45) is 0 Å². The lowest BCUT2D eigenvalue weighted by molar-refractivity contribution is 0.150. The number of nitrogens with zero attached hydrogens (tertiary/aromatic N) is 1. The molecular weight excluding hydrogens is 222 g/mol. The Morgan fingerprint density at radius 3 is 2.28 bits per heavy atom. The van der Waals surface area contributed by atoms with Crippen LogP contribution in [0.25, 0.3) is 0 Å². The molecule has 2 rings (SSSR count). The third-order valence-corrected chi connectivity index (χ3v) is 3.21. The van der Waals surface area contributed by atoms with Gasteiger partial charge in [-0.3, -0.25) is 4.98 Å². The number of aryl methyl sites for hydroxylation is 2. The minimum Gasteiger partial charge on any atom is -0.388 e. The normalized spacial score (nSPS) is 14.2. The monoisotopic (exact) mass is 241 g/mol. The summed E-state index contributed by atoms with van der Waals surface area (Å²) in [5, 5.41) is 10.5. The van der Waals surface area contributed by atoms with E-state index in [0.717, 1.165) is 11.3 Å². The zero-order valence-electron chi connectivity index (χ0n) is 11.1. The van der Waals surface area contributed by atoms with Crippen LogP contribution in [-0.2, 0) is 0 Å². The summed E-state index contributed by atoms with van der Waals surface area (Å²) in [6.07, 6.45) is 1.25. The van der Waals surface area contributed by atoms with Crippen LogP contribution in [0.2, 0.25) is 0 Å². The molecule has 1 aromatic carbocycles. The van der Waals surface area contributed by atoms with Crippen molar-refractivity contribution in [3.8, 4) is 0 Å². The van der Waals surface area contributed by atoms with Crippen LogP contribution in [0.1, 0.15) is 41.3 Å². The number of pyridine rings is 1. The van der Waals surface area contributed by atoms with Crippen LogP contribution >= 0.6 is 0 Å². The first-order chi connectivity index (χ1) is 8.58. The van der Waals surface area contributed by atoms with Crippen LogP contribution in [0.5, 0.6) is 0 Å². The molecule has 0 fully saturated rings. The molecule has 0 aliphatic carbocycles. The van der Waals surface area contributed by atoms with E-state index in [-0.39, 0.29) is 5.92 Å². The summed E-state index contributed by atoms with van der Waals surface area (Å²) >= 11 is 0. The number of hydrogen-bond acceptors (Lipinski definition) is 2. The molecule has 1 aromatic heterocycles. The smallest absolute Gasteiger partial charge is 0.0871 e. The molecule has 0 saturated heterocycles. The molecule has 2 aromatic rings. The Morgan fingerprint density at radius 1 is 1.06 bits per heavy atom. The van der Waals surface area contributed by atoms with Crippen molar-refractivity contribution in [2.75, 3.05) is 0 Å². The van der Waals surface area contributed by atoms with E-state index in [0.29, 0.717) is 0 Å². The second kappa shape index (κ2) is 5.32. The van der Waals surface area contributed by atoms with Gasteiger partial charge in [0.1, 0.15) is 0 Å². The fourth-order valence-corrected chi connectivity index (χ4v) is 2.28. The van der Waals surface area contributed by atoms with E-state index in [1.807, 2.05) is 37.3 Å². The van der Waals surface area contributed by atoms with E-state index in [2.05, 4.69) is 24.9 Å². The molecule has 0 bridgehead atoms. The second-order valence-electron chi connectivity index (χ2n) is 4.91. The molecule has 0 aliphatic rings. The highest BCUT2D eigenvalue weighted by Crippen LogP contribution is 2.30. The Labute approximate surface area is 108 Å². The topological polar surface area (TPSA) is 33.1 Å². The first-order valence-corrected chi connectivity index (χ1v) is 6.25. The summed E-state index contributed by atoms with van der Waals surface area (Å²) in [6, 6.07) is 12.0. The van der Waals surface area contributed by atoms with Crippen LogP contribution in [-0.4, -0.2) is 10.1 Å². The van der Waals surface area contributed by atoms with Crippen molar-refractivity contribution in [1.29, 1.82) is 0 Å². The van der Waals surface area contributed by atoms with Gasteiger partial charge >= 0.3 is 0 Å². The van der Waals surface area contributed by atoms with Gasteiger partial charge in [0.25, 0.3) is 0 Å². The van der Waals surface area contributed by atoms with Gasteiger partial charge in [-0.2, -0.15) is 0 Å². The SMILES string of the molecule is Cc1cc(C)cc(C(O)C(C)c2ccccn2)c1. The first kappa shape index (κ1) is 12.8. The summed E-state index contributed by atoms with van der Waals surface area (Å²) in [5.74, 6) is -0.00704. The van der Waals surface area contributed by atoms with Crippen LogP contribution in [0.3, 0.4) is 0 Å². The molecule has 2 nitrogen and oxygen atoms in total. The lowest BCUT2D eigenvalue weighted by Crippen LogP contribution is -2.09. The van der Waals surface area contributed by atoms with Crippen molar-refractivity contribution >= 4 is 0 Å². The van der Waals surface area contributed by atoms with Gasteiger partial charge in [0.05, 0.1) is 6.10 Å². The number of rotatable bonds is 3. The lowest BCUT2D eigenvalue weighted by Gasteiger charge is -2.19. The van der Waals surface area contributed by atoms with E-state index in [4.69, 9.17) is 0 Å². The second-order valence-corrected chi connectivity index (χ2v) is 4.91. The van der Waals surface area contributed by atoms with Gasteiger partial charge in [-0.1, -0.05) is 42.3 Å². The van der Waals surface area contributed by atoms with Crippen molar-refractivity contribution in [3.63, 3.8) is 0 Å². The average Bonchev–Trinajstić information content (AvgIpc) is 2.37. The molecule has 0 saturated carbocycles. The fourth-order valence-electron chi connectivity index (χ4n) is 2.28. The van der Waals surface area contributed by atoms with Crippen LogP contribution < -0.4 is 0 Å². The van der Waals surface area contributed by atoms with E-state index in [1.165, 1.54) is 11.1 Å². The maximum Gasteiger partial charge on any atom is 0.0871 e. The molecule has 1 heterocycles. The molecule has 0 amide bonds. The van der Waals surface area contributed by atoms with Crippen LogP contribution in [0, 0.1) is 13.8 Å². The van der Waals surface area contributed by atoms with E-state index in [9.17, 15) is 5.11 Å². The summed E-state index contributed by atoms with van der Waals surface area (Å²) in [6.45, 7) is 6.11. The Morgan fingerprint density at radius 2 is 1.72 bits per heavy atom. The quantitative estimate of drug-likeness (QED) is 0.891. The molecule has 2 unspecified atom stereocenters. The molecule has 0 spiro atoms. The number of benzene rings is 1. The van der Waals surface area contributed by atoms with Gasteiger partial charge in [0.15, 0.2) is 0 Å². The summed E-state index contributed by atoms with van der Waals surface area (Å²) in [7, 11) is 0. The predicted molar refractivity (Wildman–Crippen MR) is 73.5 cm³/mol. The molecule has 94 valence electrons. The number of hydrogen-bond donors (Lipinski definition) is 1. The van der Waals surface area contributed by atoms with E-state index in [1.54, 1.807) is 6.20 Å². The summed E-state index contributed by atoms with van der Waals surface area (Å²) in [5.41, 5.74) is 4.24. The molecular formula is C16H19NO. The van der Waals surface area contributed by atoms with Gasteiger partial charge in [-0.15, -0.1) is 0 Å². The zero-order valence-corrected chi connectivity index (χ0v) is 11.1. The van der Waals surface area contributed by atoms with Gasteiger partial charge in [-0.25, -0.2) is 0 Å². The third kappa shape index (κ3) is 2.77. The van der Waals surface area contributed by atoms with Crippen molar-refractivity contribution in [1.82, 2.24) is 4.98 Å². The Kier molecular flexibility index (Phi) is 3.78. The van der Waals surface area contributed by atoms with Crippen molar-refractivity contribution in [2.45, 2.75) is 32.8 Å². The minimum atomic E-state index is -0.515. The van der Waals surface area contributed by atoms with Gasteiger partial charge in [-0.05, 0) is 31.5 Å². The average molecular weight is 241 g/mol. The minimum absolute atomic E-state index is 0.00704. The summed E-state index contributed by atoms with van der Waals surface area (Å²) in [4.78, 5) is 4.31. The van der Waals surface area contributed by atoms with E-state index >= 15 is 0 Å². The molecule has 0 radical (unpaired) electrons. The maximum atomic E-state index is 10.5. The van der Waals surface area contributed by atoms with E-state index < -0.39 is 6.10 Å². The molecule has 18 heavy (non-hydrogen) atoms. The van der Waals surface area contributed by atoms with Crippen LogP contribution in [0.4, 0.5) is 0 Å². The van der Waals surface area contributed by atoms with Gasteiger partial charge in [0.2, 0.25) is 0 Å². The fraction of sp³-hybridized carbons (Fsp3) is 0.312. The van der Waals surface area contributed by atoms with Gasteiger partial charge in [0, 0.05) is 17.8 Å². The Hall–Kier alpha value is -1.67. The highest BCUT2D eigenvalue weighted by atomic mass is 16.3. The van der Waals surface area contributed by atoms with Crippen molar-refractivity contribution in [3.05, 3.63) is 65.0 Å². The standard InChI is InChI=1S/C16H19NO/c1-11-8-12(2)10-14(9-11)16(18)13(3)15-6-4-5-7-17-15/h4-10,13,16,18H,1-3H3. The Balaban J connectivity index is 2.28. The van der Waals surface area contributed by atoms with Crippen molar-refractivity contribution < 1.29 is 5.11 Å². The summed E-state index contributed by atoms with van der Waals surface area (Å²) < 4.78 is 0. The lowest BCUT2D eigenvalue weighted by atomic mass is 9.92. The van der Waals surface area contributed by atoms with Gasteiger partial charge < -0.3 is 5.11 Å². The first-order valence-electron chi connectivity index (χ1n) is 6.25. The number of aliphatic hydroxyl groups excluding tert-OH is 1. The largest absolute Gasteiger partial charge is 0.388 e. The highest BCUT2D eigenvalue weighted by molar-refractivity contribution is 5.31. The maximum absolute atomic E-state index is 10.5. The number of aromatic nitrogens is 1. The third-order valence-electron chi connectivity index (χ3n) is 3.21. The molecule has 2 heteroatoms. The van der Waals surface area contributed by atoms with Crippen LogP contribution in [0.15, 0.2) is 42.6 Å². The predicted octanol–water partition coefficient (Wildman–Crippen LogP) is 3.54. The number of aliphatic hydroxyl groups is 1.